The van der Waals surface area contributed by atoms with Crippen LogP contribution in [0.5, 0.6) is 11.5 Å². The molecule has 0 spiro atoms. The van der Waals surface area contributed by atoms with Crippen molar-refractivity contribution in [2.45, 2.75) is 0 Å². The number of carbonyl (C=O) groups is 1. The number of allylic oxidation sites excluding steroid dienone is 1. The molecule has 0 bridgehead atoms. The molecule has 0 radical (unpaired) electrons. The van der Waals surface area contributed by atoms with Gasteiger partial charge in [0.15, 0.2) is 11.5 Å². The van der Waals surface area contributed by atoms with E-state index in [1.165, 1.54) is 20.3 Å². The highest BCUT2D eigenvalue weighted by Crippen LogP contribution is 2.36. The molecule has 0 N–H and O–H groups in total. The first-order valence-corrected chi connectivity index (χ1v) is 7.53. The van der Waals surface area contributed by atoms with E-state index in [2.05, 4.69) is 15.9 Å². The fraction of sp³-hybridized carbons (Fsp3) is 0.111. The third-order valence-corrected chi connectivity index (χ3v) is 3.76. The summed E-state index contributed by atoms with van der Waals surface area (Å²) < 4.78 is 11.2. The average molecular weight is 372 g/mol. The first-order chi connectivity index (χ1) is 11.1. The minimum atomic E-state index is -0.320. The number of halogens is 1. The summed E-state index contributed by atoms with van der Waals surface area (Å²) >= 11 is 3.39. The fourth-order valence-corrected chi connectivity index (χ4v) is 2.70. The van der Waals surface area contributed by atoms with E-state index in [4.69, 9.17) is 9.47 Å². The molecule has 2 rings (SSSR count). The summed E-state index contributed by atoms with van der Waals surface area (Å²) in [6, 6.07) is 14.1. The second kappa shape index (κ2) is 7.61. The Hall–Kier alpha value is -2.58. The highest BCUT2D eigenvalue weighted by molar-refractivity contribution is 9.10. The number of nitrogens with zero attached hydrogens (tertiary/aromatic N) is 1. The second-order valence-electron chi connectivity index (χ2n) is 4.60. The Morgan fingerprint density at radius 2 is 1.87 bits per heavy atom. The van der Waals surface area contributed by atoms with Gasteiger partial charge in [0.05, 0.1) is 18.7 Å². The van der Waals surface area contributed by atoms with Gasteiger partial charge in [0.25, 0.3) is 0 Å². The molecule has 4 nitrogen and oxygen atoms in total. The maximum atomic E-state index is 12.4. The number of hydrogen-bond acceptors (Lipinski definition) is 4. The molecule has 0 saturated heterocycles. The van der Waals surface area contributed by atoms with Crippen molar-refractivity contribution in [3.8, 4) is 17.6 Å². The lowest BCUT2D eigenvalue weighted by atomic mass is 10.0. The van der Waals surface area contributed by atoms with Crippen LogP contribution < -0.4 is 9.47 Å². The molecule has 0 saturated carbocycles. The summed E-state index contributed by atoms with van der Waals surface area (Å²) in [6.07, 6.45) is 1.53. The molecule has 0 aliphatic rings. The molecule has 0 unspecified atom stereocenters. The molecule has 0 fully saturated rings. The van der Waals surface area contributed by atoms with Crippen molar-refractivity contribution in [3.63, 3.8) is 0 Å². The van der Waals surface area contributed by atoms with Gasteiger partial charge in [-0.1, -0.05) is 30.3 Å². The molecule has 0 aliphatic heterocycles. The van der Waals surface area contributed by atoms with Crippen LogP contribution >= 0.6 is 15.9 Å². The van der Waals surface area contributed by atoms with Crippen molar-refractivity contribution in [1.29, 1.82) is 5.26 Å². The Morgan fingerprint density at radius 3 is 2.43 bits per heavy atom. The smallest absolute Gasteiger partial charge is 0.203 e. The third kappa shape index (κ3) is 3.79. The number of carbonyl (C=O) groups excluding carboxylic acids is 1. The zero-order valence-corrected chi connectivity index (χ0v) is 14.3. The normalized spacial score (nSPS) is 10.8. The second-order valence-corrected chi connectivity index (χ2v) is 5.46. The van der Waals surface area contributed by atoms with E-state index in [-0.39, 0.29) is 11.4 Å². The van der Waals surface area contributed by atoms with Crippen LogP contribution in [0.4, 0.5) is 0 Å². The van der Waals surface area contributed by atoms with Gasteiger partial charge in [-0.15, -0.1) is 0 Å². The molecular weight excluding hydrogens is 358 g/mol. The van der Waals surface area contributed by atoms with Gasteiger partial charge in [-0.25, -0.2) is 0 Å². The molecule has 0 aliphatic carbocycles. The first kappa shape index (κ1) is 16.8. The van der Waals surface area contributed by atoms with E-state index in [1.807, 2.05) is 12.1 Å². The van der Waals surface area contributed by atoms with Crippen LogP contribution in [0.25, 0.3) is 6.08 Å². The van der Waals surface area contributed by atoms with Crippen molar-refractivity contribution in [2.24, 2.45) is 0 Å². The molecule has 0 atom stereocenters. The van der Waals surface area contributed by atoms with Gasteiger partial charge in [-0.05, 0) is 39.7 Å². The van der Waals surface area contributed by atoms with Crippen LogP contribution in [0.2, 0.25) is 0 Å². The molecular formula is C18H14BrNO3. The van der Waals surface area contributed by atoms with E-state index in [1.54, 1.807) is 36.4 Å². The minimum Gasteiger partial charge on any atom is -0.493 e. The van der Waals surface area contributed by atoms with Crippen molar-refractivity contribution in [3.05, 3.63) is 63.6 Å². The third-order valence-electron chi connectivity index (χ3n) is 3.17. The van der Waals surface area contributed by atoms with Crippen molar-refractivity contribution in [1.82, 2.24) is 0 Å². The Morgan fingerprint density at radius 1 is 1.17 bits per heavy atom. The van der Waals surface area contributed by atoms with Crippen molar-refractivity contribution < 1.29 is 14.3 Å². The van der Waals surface area contributed by atoms with Crippen molar-refractivity contribution >= 4 is 27.8 Å². The molecule has 116 valence electrons. The molecule has 5 heteroatoms. The SMILES string of the molecule is COc1cc(/C=C(\C#N)C(=O)c2ccccc2)cc(Br)c1OC. The zero-order valence-electron chi connectivity index (χ0n) is 12.7. The lowest BCUT2D eigenvalue weighted by Gasteiger charge is -2.10. The van der Waals surface area contributed by atoms with Crippen molar-refractivity contribution in [2.75, 3.05) is 14.2 Å². The summed E-state index contributed by atoms with van der Waals surface area (Å²) in [4.78, 5) is 12.4. The Labute approximate surface area is 143 Å². The minimum absolute atomic E-state index is 0.0512. The summed E-state index contributed by atoms with van der Waals surface area (Å²) in [5.74, 6) is 0.745. The highest BCUT2D eigenvalue weighted by Gasteiger charge is 2.14. The molecule has 2 aromatic carbocycles. The molecule has 23 heavy (non-hydrogen) atoms. The maximum absolute atomic E-state index is 12.4. The Balaban J connectivity index is 2.45. The van der Waals surface area contributed by atoms with Crippen LogP contribution in [0.3, 0.4) is 0 Å². The zero-order chi connectivity index (χ0) is 16.8. The van der Waals surface area contributed by atoms with Gasteiger partial charge in [-0.2, -0.15) is 5.26 Å². The van der Waals surface area contributed by atoms with Crippen LogP contribution in [0, 0.1) is 11.3 Å². The number of rotatable bonds is 5. The van der Waals surface area contributed by atoms with Gasteiger partial charge in [-0.3, -0.25) is 4.79 Å². The summed E-state index contributed by atoms with van der Waals surface area (Å²) in [7, 11) is 3.07. The van der Waals surface area contributed by atoms with Gasteiger partial charge in [0, 0.05) is 5.56 Å². The molecule has 2 aromatic rings. The summed E-state index contributed by atoms with van der Waals surface area (Å²) in [6.45, 7) is 0. The number of methoxy groups -OCH3 is 2. The largest absolute Gasteiger partial charge is 0.493 e. The van der Waals surface area contributed by atoms with E-state index in [0.29, 0.717) is 27.1 Å². The summed E-state index contributed by atoms with van der Waals surface area (Å²) in [5.41, 5.74) is 1.19. The standard InChI is InChI=1S/C18H14BrNO3/c1-22-16-10-12(9-15(19)18(16)23-2)8-14(11-20)17(21)13-6-4-3-5-7-13/h3-10H,1-2H3/b14-8+. The predicted molar refractivity (Wildman–Crippen MR) is 91.6 cm³/mol. The fourth-order valence-electron chi connectivity index (χ4n) is 2.08. The molecule has 0 aromatic heterocycles. The monoisotopic (exact) mass is 371 g/mol. The number of ether oxygens (including phenoxy) is 2. The number of Topliss-reactive ketones (excluding diaryl/α,β-unsaturated/α-hetero) is 1. The Kier molecular flexibility index (Phi) is 5.56. The number of ketones is 1. The van der Waals surface area contributed by atoms with Gasteiger partial charge in [0.2, 0.25) is 5.78 Å². The maximum Gasteiger partial charge on any atom is 0.203 e. The van der Waals surface area contributed by atoms with Gasteiger partial charge < -0.3 is 9.47 Å². The van der Waals surface area contributed by atoms with Crippen LogP contribution in [0.1, 0.15) is 15.9 Å². The lowest BCUT2D eigenvalue weighted by molar-refractivity contribution is 0.104. The number of hydrogen-bond donors (Lipinski definition) is 0. The highest BCUT2D eigenvalue weighted by atomic mass is 79.9. The van der Waals surface area contributed by atoms with Gasteiger partial charge in [0.1, 0.15) is 11.6 Å². The van der Waals surface area contributed by atoms with Gasteiger partial charge >= 0.3 is 0 Å². The topological polar surface area (TPSA) is 59.3 Å². The quantitative estimate of drug-likeness (QED) is 0.447. The molecule has 0 heterocycles. The van der Waals surface area contributed by atoms with E-state index >= 15 is 0 Å². The van der Waals surface area contributed by atoms with E-state index in [9.17, 15) is 10.1 Å². The molecule has 0 amide bonds. The average Bonchev–Trinajstić information content (AvgIpc) is 2.59. The van der Waals surface area contributed by atoms with Crippen LogP contribution in [-0.2, 0) is 0 Å². The van der Waals surface area contributed by atoms with Crippen LogP contribution in [-0.4, -0.2) is 20.0 Å². The Bertz CT molecular complexity index is 792. The predicted octanol–water partition coefficient (Wildman–Crippen LogP) is 4.26. The van der Waals surface area contributed by atoms with Crippen LogP contribution in [0.15, 0.2) is 52.5 Å². The first-order valence-electron chi connectivity index (χ1n) is 6.73. The van der Waals surface area contributed by atoms with E-state index < -0.39 is 0 Å². The number of benzene rings is 2. The van der Waals surface area contributed by atoms with E-state index in [0.717, 1.165) is 0 Å². The lowest BCUT2D eigenvalue weighted by Crippen LogP contribution is -2.01. The number of nitriles is 1. The summed E-state index contributed by atoms with van der Waals surface area (Å²) in [5, 5.41) is 9.31.